The molecule has 7 heteroatoms. The van der Waals surface area contributed by atoms with Gasteiger partial charge in [0.1, 0.15) is 0 Å². The molecule has 0 aliphatic carbocycles. The molecular weight excluding hydrogens is 334 g/mol. The Labute approximate surface area is 122 Å². The summed E-state index contributed by atoms with van der Waals surface area (Å²) in [4.78, 5) is 0.258. The van der Waals surface area contributed by atoms with Gasteiger partial charge in [0, 0.05) is 18.5 Å². The molecule has 0 aromatic heterocycles. The van der Waals surface area contributed by atoms with Gasteiger partial charge in [-0.15, -0.1) is 0 Å². The van der Waals surface area contributed by atoms with Crippen LogP contribution in [0.5, 0.6) is 0 Å². The highest BCUT2D eigenvalue weighted by Crippen LogP contribution is 2.12. The first-order chi connectivity index (χ1) is 9.10. The average Bonchev–Trinajstić information content (AvgIpc) is 2.43. The molecule has 0 aliphatic heterocycles. The molecule has 108 valence electrons. The Hall–Kier alpha value is -0.470. The van der Waals surface area contributed by atoms with E-state index in [1.165, 1.54) is 0 Å². The Morgan fingerprint density at radius 2 is 1.89 bits per heavy atom. The third-order valence-corrected chi connectivity index (χ3v) is 4.51. The highest BCUT2D eigenvalue weighted by molar-refractivity contribution is 9.08. The van der Waals surface area contributed by atoms with Gasteiger partial charge in [0.2, 0.25) is 10.0 Å². The molecule has 0 saturated heterocycles. The normalized spacial score (nSPS) is 11.7. The lowest BCUT2D eigenvalue weighted by molar-refractivity contribution is 0.0913. The van der Waals surface area contributed by atoms with Crippen molar-refractivity contribution in [3.05, 3.63) is 29.8 Å². The SMILES string of the molecule is O=S(=O)(NCCCOCCO)c1ccc(CBr)cc1. The maximum Gasteiger partial charge on any atom is 0.240 e. The molecule has 0 unspecified atom stereocenters. The van der Waals surface area contributed by atoms with Crippen LogP contribution in [0.25, 0.3) is 0 Å². The predicted molar refractivity (Wildman–Crippen MR) is 76.8 cm³/mol. The van der Waals surface area contributed by atoms with E-state index >= 15 is 0 Å². The second kappa shape index (κ2) is 8.65. The number of alkyl halides is 1. The first-order valence-corrected chi connectivity index (χ1v) is 8.54. The molecule has 0 fully saturated rings. The molecule has 0 spiro atoms. The van der Waals surface area contributed by atoms with E-state index in [1.54, 1.807) is 24.3 Å². The van der Waals surface area contributed by atoms with E-state index in [0.29, 0.717) is 24.9 Å². The Balaban J connectivity index is 2.42. The zero-order valence-electron chi connectivity index (χ0n) is 10.5. The van der Waals surface area contributed by atoms with Gasteiger partial charge < -0.3 is 9.84 Å². The van der Waals surface area contributed by atoms with Crippen LogP contribution in [0.1, 0.15) is 12.0 Å². The van der Waals surface area contributed by atoms with Crippen LogP contribution < -0.4 is 4.72 Å². The zero-order valence-corrected chi connectivity index (χ0v) is 12.9. The summed E-state index contributed by atoms with van der Waals surface area (Å²) in [5.41, 5.74) is 1.02. The Morgan fingerprint density at radius 3 is 2.47 bits per heavy atom. The molecular formula is C12H18BrNO4S. The van der Waals surface area contributed by atoms with E-state index in [-0.39, 0.29) is 18.1 Å². The predicted octanol–water partition coefficient (Wildman–Crippen LogP) is 1.26. The van der Waals surface area contributed by atoms with E-state index in [9.17, 15) is 8.42 Å². The lowest BCUT2D eigenvalue weighted by atomic mass is 10.2. The number of rotatable bonds is 9. The van der Waals surface area contributed by atoms with Crippen molar-refractivity contribution >= 4 is 26.0 Å². The van der Waals surface area contributed by atoms with Crippen molar-refractivity contribution < 1.29 is 18.3 Å². The second-order valence-corrected chi connectivity index (χ2v) is 6.19. The van der Waals surface area contributed by atoms with Gasteiger partial charge in [-0.3, -0.25) is 0 Å². The van der Waals surface area contributed by atoms with E-state index in [0.717, 1.165) is 5.56 Å². The molecule has 1 aromatic carbocycles. The van der Waals surface area contributed by atoms with E-state index < -0.39 is 10.0 Å². The number of benzene rings is 1. The lowest BCUT2D eigenvalue weighted by Gasteiger charge is -2.07. The van der Waals surface area contributed by atoms with Gasteiger partial charge in [0.25, 0.3) is 0 Å². The topological polar surface area (TPSA) is 75.6 Å². The van der Waals surface area contributed by atoms with Gasteiger partial charge in [-0.05, 0) is 24.1 Å². The summed E-state index contributed by atoms with van der Waals surface area (Å²) < 4.78 is 31.4. The van der Waals surface area contributed by atoms with Gasteiger partial charge >= 0.3 is 0 Å². The third-order valence-electron chi connectivity index (χ3n) is 2.38. The fourth-order valence-electron chi connectivity index (χ4n) is 1.39. The fourth-order valence-corrected chi connectivity index (χ4v) is 2.84. The number of nitrogens with one attached hydrogen (secondary N) is 1. The van der Waals surface area contributed by atoms with Gasteiger partial charge in [0.15, 0.2) is 0 Å². The summed E-state index contributed by atoms with van der Waals surface area (Å²) >= 11 is 3.31. The summed E-state index contributed by atoms with van der Waals surface area (Å²) in [6, 6.07) is 6.71. The monoisotopic (exact) mass is 351 g/mol. The van der Waals surface area contributed by atoms with Crippen molar-refractivity contribution in [3.63, 3.8) is 0 Å². The Kier molecular flexibility index (Phi) is 7.55. The molecule has 0 amide bonds. The first-order valence-electron chi connectivity index (χ1n) is 5.93. The molecule has 0 saturated carbocycles. The quantitative estimate of drug-likeness (QED) is 0.518. The van der Waals surface area contributed by atoms with Crippen molar-refractivity contribution in [1.82, 2.24) is 4.72 Å². The molecule has 2 N–H and O–H groups in total. The van der Waals surface area contributed by atoms with Crippen LogP contribution in [0.4, 0.5) is 0 Å². The van der Waals surface area contributed by atoms with Crippen LogP contribution in [0.3, 0.4) is 0 Å². The number of halogens is 1. The van der Waals surface area contributed by atoms with Crippen molar-refractivity contribution in [2.24, 2.45) is 0 Å². The lowest BCUT2D eigenvalue weighted by Crippen LogP contribution is -2.25. The minimum absolute atomic E-state index is 0.0222. The smallest absolute Gasteiger partial charge is 0.240 e. The van der Waals surface area contributed by atoms with Crippen LogP contribution in [0.2, 0.25) is 0 Å². The standard InChI is InChI=1S/C12H18BrNO4S/c13-10-11-2-4-12(5-3-11)19(16,17)14-6-1-8-18-9-7-15/h2-5,14-15H,1,6-10H2. The maximum atomic E-state index is 11.9. The third kappa shape index (κ3) is 6.01. The van der Waals surface area contributed by atoms with Crippen molar-refractivity contribution in [1.29, 1.82) is 0 Å². The average molecular weight is 352 g/mol. The van der Waals surface area contributed by atoms with Crippen LogP contribution in [0, 0.1) is 0 Å². The molecule has 0 heterocycles. The second-order valence-electron chi connectivity index (χ2n) is 3.86. The van der Waals surface area contributed by atoms with Crippen LogP contribution in [0.15, 0.2) is 29.2 Å². The highest BCUT2D eigenvalue weighted by Gasteiger charge is 2.12. The minimum Gasteiger partial charge on any atom is -0.394 e. The Morgan fingerprint density at radius 1 is 1.21 bits per heavy atom. The molecule has 1 rings (SSSR count). The summed E-state index contributed by atoms with van der Waals surface area (Å²) in [7, 11) is -3.45. The number of sulfonamides is 1. The number of aliphatic hydroxyl groups is 1. The number of hydrogen-bond acceptors (Lipinski definition) is 4. The maximum absolute atomic E-state index is 11.9. The highest BCUT2D eigenvalue weighted by atomic mass is 79.9. The molecule has 5 nitrogen and oxygen atoms in total. The van der Waals surface area contributed by atoms with Gasteiger partial charge in [-0.1, -0.05) is 28.1 Å². The molecule has 1 aromatic rings. The van der Waals surface area contributed by atoms with E-state index in [1.807, 2.05) is 0 Å². The van der Waals surface area contributed by atoms with Crippen LogP contribution in [-0.2, 0) is 20.1 Å². The van der Waals surface area contributed by atoms with Crippen LogP contribution in [-0.4, -0.2) is 39.9 Å². The van der Waals surface area contributed by atoms with Crippen molar-refractivity contribution in [2.45, 2.75) is 16.6 Å². The molecule has 0 atom stereocenters. The van der Waals surface area contributed by atoms with Crippen molar-refractivity contribution in [3.8, 4) is 0 Å². The molecule has 0 aliphatic rings. The summed E-state index contributed by atoms with van der Waals surface area (Å²) in [5.74, 6) is 0. The van der Waals surface area contributed by atoms with Gasteiger partial charge in [-0.2, -0.15) is 0 Å². The first kappa shape index (κ1) is 16.6. The summed E-state index contributed by atoms with van der Waals surface area (Å²) in [6.07, 6.45) is 0.568. The molecule has 0 bridgehead atoms. The fraction of sp³-hybridized carbons (Fsp3) is 0.500. The van der Waals surface area contributed by atoms with Crippen LogP contribution >= 0.6 is 15.9 Å². The number of hydrogen-bond donors (Lipinski definition) is 2. The number of aliphatic hydroxyl groups excluding tert-OH is 1. The minimum atomic E-state index is -3.45. The zero-order chi connectivity index (χ0) is 14.1. The summed E-state index contributed by atoms with van der Waals surface area (Å²) in [6.45, 7) is 0.992. The van der Waals surface area contributed by atoms with Crippen molar-refractivity contribution in [2.75, 3.05) is 26.4 Å². The number of ether oxygens (including phenoxy) is 1. The van der Waals surface area contributed by atoms with Gasteiger partial charge in [-0.25, -0.2) is 13.1 Å². The summed E-state index contributed by atoms with van der Waals surface area (Å²) in [5, 5.41) is 9.20. The van der Waals surface area contributed by atoms with E-state index in [4.69, 9.17) is 9.84 Å². The molecule has 19 heavy (non-hydrogen) atoms. The van der Waals surface area contributed by atoms with E-state index in [2.05, 4.69) is 20.7 Å². The molecule has 0 radical (unpaired) electrons. The van der Waals surface area contributed by atoms with Gasteiger partial charge in [0.05, 0.1) is 18.1 Å². The largest absolute Gasteiger partial charge is 0.394 e. The Bertz CT molecular complexity index is 461.